The lowest BCUT2D eigenvalue weighted by molar-refractivity contribution is 0.0827. The Hall–Kier alpha value is -2.20. The van der Waals surface area contributed by atoms with Crippen molar-refractivity contribution in [1.29, 1.82) is 0 Å². The van der Waals surface area contributed by atoms with Gasteiger partial charge in [-0.1, -0.05) is 23.7 Å². The normalized spacial score (nSPS) is 10.2. The van der Waals surface area contributed by atoms with E-state index >= 15 is 0 Å². The first-order valence-electron chi connectivity index (χ1n) is 6.46. The lowest BCUT2D eigenvalue weighted by atomic mass is 10.1. The highest BCUT2D eigenvalue weighted by Crippen LogP contribution is 2.24. The van der Waals surface area contributed by atoms with Crippen LogP contribution in [0.4, 0.5) is 5.69 Å². The standard InChI is InChI=1S/C16H17ClN2O2/c1-19(2)16(20)12-5-8-15(14(18)9-12)21-10-11-3-6-13(17)7-4-11/h3-9H,10,18H2,1-2H3. The first-order chi connectivity index (χ1) is 9.97. The number of nitrogen functional groups attached to an aromatic ring is 1. The third-order valence-electron chi connectivity index (χ3n) is 2.97. The smallest absolute Gasteiger partial charge is 0.253 e. The quantitative estimate of drug-likeness (QED) is 0.883. The van der Waals surface area contributed by atoms with Gasteiger partial charge in [0.25, 0.3) is 5.91 Å². The highest BCUT2D eigenvalue weighted by Gasteiger charge is 2.10. The molecule has 0 atom stereocenters. The Labute approximate surface area is 129 Å². The van der Waals surface area contributed by atoms with Gasteiger partial charge in [-0.3, -0.25) is 4.79 Å². The SMILES string of the molecule is CN(C)C(=O)c1ccc(OCc2ccc(Cl)cc2)c(N)c1. The third-order valence-corrected chi connectivity index (χ3v) is 3.22. The maximum Gasteiger partial charge on any atom is 0.253 e. The molecular weight excluding hydrogens is 288 g/mol. The average Bonchev–Trinajstić information content (AvgIpc) is 2.46. The van der Waals surface area contributed by atoms with Crippen LogP contribution in [0.25, 0.3) is 0 Å². The number of nitrogens with two attached hydrogens (primary N) is 1. The molecule has 4 nitrogen and oxygen atoms in total. The molecule has 0 spiro atoms. The molecule has 110 valence electrons. The number of ether oxygens (including phenoxy) is 1. The van der Waals surface area contributed by atoms with E-state index in [1.807, 2.05) is 24.3 Å². The maximum absolute atomic E-state index is 11.8. The summed E-state index contributed by atoms with van der Waals surface area (Å²) in [5, 5.41) is 0.685. The first kappa shape index (κ1) is 15.2. The molecule has 0 unspecified atom stereocenters. The van der Waals surface area contributed by atoms with E-state index < -0.39 is 0 Å². The molecule has 1 amide bonds. The average molecular weight is 305 g/mol. The summed E-state index contributed by atoms with van der Waals surface area (Å²) in [4.78, 5) is 13.3. The molecule has 0 aromatic heterocycles. The minimum atomic E-state index is -0.0917. The summed E-state index contributed by atoms with van der Waals surface area (Å²) in [6, 6.07) is 12.4. The highest BCUT2D eigenvalue weighted by atomic mass is 35.5. The molecule has 0 fully saturated rings. The van der Waals surface area contributed by atoms with E-state index in [2.05, 4.69) is 0 Å². The van der Waals surface area contributed by atoms with Crippen LogP contribution in [0.2, 0.25) is 5.02 Å². The zero-order valence-electron chi connectivity index (χ0n) is 12.0. The molecule has 2 N–H and O–H groups in total. The molecule has 0 aliphatic heterocycles. The third kappa shape index (κ3) is 3.89. The molecule has 0 heterocycles. The van der Waals surface area contributed by atoms with Crippen LogP contribution in [-0.4, -0.2) is 24.9 Å². The summed E-state index contributed by atoms with van der Waals surface area (Å²) in [5.74, 6) is 0.464. The van der Waals surface area contributed by atoms with Gasteiger partial charge in [-0.15, -0.1) is 0 Å². The lowest BCUT2D eigenvalue weighted by Crippen LogP contribution is -2.21. The fourth-order valence-corrected chi connectivity index (χ4v) is 1.94. The van der Waals surface area contributed by atoms with Crippen LogP contribution < -0.4 is 10.5 Å². The summed E-state index contributed by atoms with van der Waals surface area (Å²) in [5.41, 5.74) is 7.90. The Balaban J connectivity index is 2.07. The van der Waals surface area contributed by atoms with Crippen LogP contribution in [0.15, 0.2) is 42.5 Å². The molecule has 2 aromatic carbocycles. The van der Waals surface area contributed by atoms with Gasteiger partial charge < -0.3 is 15.4 Å². The Morgan fingerprint density at radius 3 is 2.43 bits per heavy atom. The molecular formula is C16H17ClN2O2. The second-order valence-corrected chi connectivity index (χ2v) is 5.30. The number of benzene rings is 2. The van der Waals surface area contributed by atoms with E-state index in [1.54, 1.807) is 32.3 Å². The fraction of sp³-hybridized carbons (Fsp3) is 0.188. The molecule has 0 aliphatic rings. The van der Waals surface area contributed by atoms with Gasteiger partial charge in [0, 0.05) is 24.7 Å². The minimum Gasteiger partial charge on any atom is -0.487 e. The van der Waals surface area contributed by atoms with Gasteiger partial charge in [0.05, 0.1) is 5.69 Å². The Morgan fingerprint density at radius 1 is 1.19 bits per heavy atom. The van der Waals surface area contributed by atoms with E-state index in [0.29, 0.717) is 28.6 Å². The zero-order chi connectivity index (χ0) is 15.4. The Bertz CT molecular complexity index is 639. The van der Waals surface area contributed by atoms with Crippen LogP contribution in [0.1, 0.15) is 15.9 Å². The van der Waals surface area contributed by atoms with Crippen molar-refractivity contribution >= 4 is 23.2 Å². The number of carbonyl (C=O) groups is 1. The zero-order valence-corrected chi connectivity index (χ0v) is 12.7. The molecule has 0 bridgehead atoms. The van der Waals surface area contributed by atoms with Gasteiger partial charge in [-0.2, -0.15) is 0 Å². The number of carbonyl (C=O) groups excluding carboxylic acids is 1. The van der Waals surface area contributed by atoms with Crippen molar-refractivity contribution in [2.45, 2.75) is 6.61 Å². The number of anilines is 1. The molecule has 0 radical (unpaired) electrons. The Morgan fingerprint density at radius 2 is 1.86 bits per heavy atom. The van der Waals surface area contributed by atoms with Crippen LogP contribution in [0.3, 0.4) is 0 Å². The van der Waals surface area contributed by atoms with Crippen LogP contribution >= 0.6 is 11.6 Å². The summed E-state index contributed by atoms with van der Waals surface area (Å²) in [6.07, 6.45) is 0. The summed E-state index contributed by atoms with van der Waals surface area (Å²) < 4.78 is 5.66. The second kappa shape index (κ2) is 6.50. The van der Waals surface area contributed by atoms with Crippen LogP contribution in [0, 0.1) is 0 Å². The summed E-state index contributed by atoms with van der Waals surface area (Å²) >= 11 is 5.83. The summed E-state index contributed by atoms with van der Waals surface area (Å²) in [6.45, 7) is 0.391. The Kier molecular flexibility index (Phi) is 4.70. The molecule has 21 heavy (non-hydrogen) atoms. The van der Waals surface area contributed by atoms with Crippen molar-refractivity contribution in [3.05, 3.63) is 58.6 Å². The van der Waals surface area contributed by atoms with Crippen molar-refractivity contribution in [2.75, 3.05) is 19.8 Å². The van der Waals surface area contributed by atoms with E-state index in [4.69, 9.17) is 22.1 Å². The predicted octanol–water partition coefficient (Wildman–Crippen LogP) is 3.20. The molecule has 2 aromatic rings. The molecule has 0 saturated heterocycles. The molecule has 0 saturated carbocycles. The van der Waals surface area contributed by atoms with E-state index in [9.17, 15) is 4.79 Å². The minimum absolute atomic E-state index is 0.0917. The van der Waals surface area contributed by atoms with Gasteiger partial charge >= 0.3 is 0 Å². The van der Waals surface area contributed by atoms with Gasteiger partial charge in [0.2, 0.25) is 0 Å². The predicted molar refractivity (Wildman–Crippen MR) is 84.7 cm³/mol. The highest BCUT2D eigenvalue weighted by molar-refractivity contribution is 6.30. The second-order valence-electron chi connectivity index (χ2n) is 4.87. The van der Waals surface area contributed by atoms with Crippen molar-refractivity contribution < 1.29 is 9.53 Å². The topological polar surface area (TPSA) is 55.6 Å². The van der Waals surface area contributed by atoms with Crippen molar-refractivity contribution in [3.8, 4) is 5.75 Å². The first-order valence-corrected chi connectivity index (χ1v) is 6.83. The molecule has 0 aliphatic carbocycles. The van der Waals surface area contributed by atoms with Gasteiger partial charge in [-0.05, 0) is 35.9 Å². The number of nitrogens with zero attached hydrogens (tertiary/aromatic N) is 1. The van der Waals surface area contributed by atoms with E-state index in [-0.39, 0.29) is 5.91 Å². The van der Waals surface area contributed by atoms with Crippen molar-refractivity contribution in [3.63, 3.8) is 0 Å². The fourth-order valence-electron chi connectivity index (χ4n) is 1.81. The largest absolute Gasteiger partial charge is 0.487 e. The van der Waals surface area contributed by atoms with Crippen LogP contribution in [0.5, 0.6) is 5.75 Å². The number of halogens is 1. The van der Waals surface area contributed by atoms with E-state index in [1.165, 1.54) is 4.90 Å². The number of rotatable bonds is 4. The van der Waals surface area contributed by atoms with Gasteiger partial charge in [0.1, 0.15) is 12.4 Å². The van der Waals surface area contributed by atoms with Crippen LogP contribution in [-0.2, 0) is 6.61 Å². The maximum atomic E-state index is 11.8. The van der Waals surface area contributed by atoms with Crippen molar-refractivity contribution in [2.24, 2.45) is 0 Å². The summed E-state index contributed by atoms with van der Waals surface area (Å²) in [7, 11) is 3.40. The molecule has 5 heteroatoms. The van der Waals surface area contributed by atoms with Gasteiger partial charge in [0.15, 0.2) is 0 Å². The van der Waals surface area contributed by atoms with Gasteiger partial charge in [-0.25, -0.2) is 0 Å². The van der Waals surface area contributed by atoms with E-state index in [0.717, 1.165) is 5.56 Å². The number of hydrogen-bond donors (Lipinski definition) is 1. The molecule has 2 rings (SSSR count). The number of hydrogen-bond acceptors (Lipinski definition) is 3. The monoisotopic (exact) mass is 304 g/mol. The lowest BCUT2D eigenvalue weighted by Gasteiger charge is -2.13. The van der Waals surface area contributed by atoms with Crippen molar-refractivity contribution in [1.82, 2.24) is 4.90 Å². The number of amides is 1.